The Kier molecular flexibility index (Phi) is 9.86. The van der Waals surface area contributed by atoms with Crippen molar-refractivity contribution in [1.29, 1.82) is 0 Å². The second-order valence-corrected chi connectivity index (χ2v) is 13.9. The number of phenolic OH excluding ortho intramolecular Hbond substituents is 1. The van der Waals surface area contributed by atoms with Crippen LogP contribution in [0.15, 0.2) is 30.5 Å². The highest BCUT2D eigenvalue weighted by Crippen LogP contribution is 2.42. The zero-order valence-electron chi connectivity index (χ0n) is 28.3. The number of nitrogens with zero attached hydrogens (tertiary/aromatic N) is 5. The van der Waals surface area contributed by atoms with Gasteiger partial charge in [0.25, 0.3) is 0 Å². The Morgan fingerprint density at radius 1 is 1.16 bits per heavy atom. The number of anilines is 1. The van der Waals surface area contributed by atoms with Crippen LogP contribution in [-0.2, 0) is 11.2 Å². The number of pyridine rings is 1. The van der Waals surface area contributed by atoms with Gasteiger partial charge in [0, 0.05) is 57.5 Å². The second-order valence-electron chi connectivity index (χ2n) is 13.5. The third kappa shape index (κ3) is 6.60. The number of thiocarbonyl (C=S) groups is 1. The first-order valence-corrected chi connectivity index (χ1v) is 17.7. The van der Waals surface area contributed by atoms with Crippen molar-refractivity contribution in [2.24, 2.45) is 0 Å². The van der Waals surface area contributed by atoms with Gasteiger partial charge in [-0.15, -0.1) is 0 Å². The number of hydrogen-bond acceptors (Lipinski definition) is 9. The van der Waals surface area contributed by atoms with Crippen LogP contribution in [0.5, 0.6) is 11.8 Å². The molecule has 50 heavy (non-hydrogen) atoms. The largest absolute Gasteiger partial charge is 0.508 e. The minimum Gasteiger partial charge on any atom is -0.508 e. The molecule has 0 amide bonds. The summed E-state index contributed by atoms with van der Waals surface area (Å²) in [5, 5.41) is 19.1. The van der Waals surface area contributed by atoms with E-state index in [2.05, 4.69) is 30.4 Å². The lowest BCUT2D eigenvalue weighted by atomic mass is 9.94. The average Bonchev–Trinajstić information content (AvgIpc) is 3.63. The monoisotopic (exact) mass is 709 g/mol. The Morgan fingerprint density at radius 2 is 2.02 bits per heavy atom. The molecule has 3 aliphatic heterocycles. The summed E-state index contributed by atoms with van der Waals surface area (Å²) in [6.07, 6.45) is 4.77. The number of methoxy groups -OCH3 is 1. The first-order chi connectivity index (χ1) is 24.2. The Labute approximate surface area is 294 Å². The summed E-state index contributed by atoms with van der Waals surface area (Å²) in [5.41, 5.74) is 0.123. The minimum absolute atomic E-state index is 0.00955. The molecule has 0 unspecified atom stereocenters. The van der Waals surface area contributed by atoms with E-state index in [0.717, 1.165) is 32.2 Å². The Hall–Kier alpha value is -4.01. The Morgan fingerprint density at radius 3 is 2.84 bits per heavy atom. The van der Waals surface area contributed by atoms with Crippen molar-refractivity contribution < 1.29 is 27.8 Å². The quantitative estimate of drug-likeness (QED) is 0.145. The maximum absolute atomic E-state index is 17.0. The highest BCUT2D eigenvalue weighted by molar-refractivity contribution is 7.80. The molecule has 4 aromatic rings. The Bertz CT molecular complexity index is 1920. The van der Waals surface area contributed by atoms with E-state index in [0.29, 0.717) is 78.3 Å². The predicted molar refractivity (Wildman–Crippen MR) is 191 cm³/mol. The third-order valence-electron chi connectivity index (χ3n) is 10.3. The van der Waals surface area contributed by atoms with Gasteiger partial charge >= 0.3 is 6.01 Å². The lowest BCUT2D eigenvalue weighted by Gasteiger charge is -2.35. The van der Waals surface area contributed by atoms with Crippen LogP contribution in [0.25, 0.3) is 32.9 Å². The molecule has 0 bridgehead atoms. The molecular formula is C36H42F3N7O3S. The van der Waals surface area contributed by atoms with Gasteiger partial charge in [0.1, 0.15) is 41.4 Å². The standard InChI is InChI=1S/C36H42F3N7O3S/c1-3-25-28(38)8-7-21-14-24(47)15-26(29(21)25)31-30(39)32-27(17-41-31)33(45-11-4-6-23(19-45)42-35(50)40-10-13-48-2)44-34(43-32)49-20-36-9-5-12-46(36)18-22(37)16-36/h7-8,14-15,17,22-23,47H,3-6,9-13,16,18-20H2,1-2H3,(H2,40,42,50)/t22-,23-,36+/m1/s1. The highest BCUT2D eigenvalue weighted by atomic mass is 32.1. The summed E-state index contributed by atoms with van der Waals surface area (Å²) < 4.78 is 58.0. The van der Waals surface area contributed by atoms with Crippen LogP contribution in [0.3, 0.4) is 0 Å². The van der Waals surface area contributed by atoms with Gasteiger partial charge in [-0.1, -0.05) is 13.0 Å². The lowest BCUT2D eigenvalue weighted by molar-refractivity contribution is 0.107. The normalized spacial score (nSPS) is 22.3. The number of phenols is 1. The number of aromatic nitrogens is 3. The third-order valence-corrected chi connectivity index (χ3v) is 10.5. The van der Waals surface area contributed by atoms with E-state index in [1.54, 1.807) is 13.2 Å². The zero-order chi connectivity index (χ0) is 35.0. The van der Waals surface area contributed by atoms with Crippen molar-refractivity contribution in [2.75, 3.05) is 57.9 Å². The molecule has 3 N–H and O–H groups in total. The van der Waals surface area contributed by atoms with Crippen molar-refractivity contribution >= 4 is 44.8 Å². The van der Waals surface area contributed by atoms with Gasteiger partial charge in [-0.25, -0.2) is 13.2 Å². The molecule has 3 aliphatic rings. The van der Waals surface area contributed by atoms with E-state index in [4.69, 9.17) is 26.7 Å². The molecule has 3 atom stereocenters. The van der Waals surface area contributed by atoms with Crippen molar-refractivity contribution in [3.63, 3.8) is 0 Å². The zero-order valence-corrected chi connectivity index (χ0v) is 29.1. The van der Waals surface area contributed by atoms with E-state index in [1.165, 1.54) is 24.4 Å². The van der Waals surface area contributed by atoms with Gasteiger partial charge in [-0.05, 0) is 85.4 Å². The molecule has 10 nitrogen and oxygen atoms in total. The van der Waals surface area contributed by atoms with E-state index in [9.17, 15) is 9.50 Å². The Balaban J connectivity index is 1.30. The van der Waals surface area contributed by atoms with Gasteiger partial charge in [0.15, 0.2) is 10.9 Å². The molecule has 2 aromatic carbocycles. The molecule has 7 rings (SSSR count). The van der Waals surface area contributed by atoms with Crippen molar-refractivity contribution in [3.05, 3.63) is 47.7 Å². The van der Waals surface area contributed by atoms with Crippen LogP contribution >= 0.6 is 12.2 Å². The molecule has 266 valence electrons. The number of fused-ring (bicyclic) bond motifs is 3. The van der Waals surface area contributed by atoms with Gasteiger partial charge in [-0.2, -0.15) is 9.97 Å². The number of benzene rings is 2. The molecule has 0 saturated carbocycles. The summed E-state index contributed by atoms with van der Waals surface area (Å²) in [5.74, 6) is -0.795. The van der Waals surface area contributed by atoms with Crippen LogP contribution in [0.2, 0.25) is 0 Å². The number of rotatable bonds is 10. The molecule has 3 fully saturated rings. The SMILES string of the molecule is CCc1c(F)ccc2cc(O)cc(-c3ncc4c(N5CCC[C@@H](NC(=S)NCCOC)C5)nc(OC[C@@]56CCCN5C[C@H](F)C6)nc4c3F)c12. The number of piperidine rings is 1. The summed E-state index contributed by atoms with van der Waals surface area (Å²) in [6, 6.07) is 5.82. The number of aryl methyl sites for hydroxylation is 1. The van der Waals surface area contributed by atoms with Gasteiger partial charge < -0.3 is 30.1 Å². The van der Waals surface area contributed by atoms with Crippen LogP contribution < -0.4 is 20.3 Å². The maximum Gasteiger partial charge on any atom is 0.319 e. The number of halogens is 3. The topological polar surface area (TPSA) is 108 Å². The van der Waals surface area contributed by atoms with E-state index < -0.39 is 23.3 Å². The number of ether oxygens (including phenoxy) is 2. The van der Waals surface area contributed by atoms with Crippen molar-refractivity contribution in [2.45, 2.75) is 63.2 Å². The number of alkyl halides is 1. The fourth-order valence-corrected chi connectivity index (χ4v) is 8.25. The lowest BCUT2D eigenvalue weighted by Crippen LogP contribution is -2.51. The van der Waals surface area contributed by atoms with E-state index >= 15 is 8.78 Å². The molecule has 5 heterocycles. The number of hydrogen-bond donors (Lipinski definition) is 3. The average molecular weight is 710 g/mol. The first-order valence-electron chi connectivity index (χ1n) is 17.3. The van der Waals surface area contributed by atoms with Crippen molar-refractivity contribution in [3.8, 4) is 23.0 Å². The summed E-state index contributed by atoms with van der Waals surface area (Å²) in [7, 11) is 1.63. The van der Waals surface area contributed by atoms with Gasteiger partial charge in [-0.3, -0.25) is 9.88 Å². The smallest absolute Gasteiger partial charge is 0.319 e. The van der Waals surface area contributed by atoms with E-state index in [1.807, 2.05) is 6.92 Å². The molecule has 3 saturated heterocycles. The fraction of sp³-hybridized carbons (Fsp3) is 0.500. The van der Waals surface area contributed by atoms with Gasteiger partial charge in [0.05, 0.1) is 17.5 Å². The first kappa shape index (κ1) is 34.4. The minimum atomic E-state index is -0.930. The molecule has 0 spiro atoms. The van der Waals surface area contributed by atoms with Gasteiger partial charge in [0.2, 0.25) is 0 Å². The fourth-order valence-electron chi connectivity index (χ4n) is 7.99. The van der Waals surface area contributed by atoms with E-state index in [-0.39, 0.29) is 41.2 Å². The van der Waals surface area contributed by atoms with Crippen LogP contribution in [0, 0.1) is 11.6 Å². The summed E-state index contributed by atoms with van der Waals surface area (Å²) >= 11 is 5.51. The highest BCUT2D eigenvalue weighted by Gasteiger charge is 2.49. The maximum atomic E-state index is 17.0. The molecule has 0 radical (unpaired) electrons. The second kappa shape index (κ2) is 14.3. The van der Waals surface area contributed by atoms with Crippen LogP contribution in [0.1, 0.15) is 44.6 Å². The summed E-state index contributed by atoms with van der Waals surface area (Å²) in [6.45, 7) is 5.46. The van der Waals surface area contributed by atoms with Crippen LogP contribution in [0.4, 0.5) is 19.0 Å². The van der Waals surface area contributed by atoms with Crippen molar-refractivity contribution in [1.82, 2.24) is 30.5 Å². The predicted octanol–water partition coefficient (Wildman–Crippen LogP) is 5.43. The summed E-state index contributed by atoms with van der Waals surface area (Å²) in [4.78, 5) is 18.2. The number of aromatic hydroxyl groups is 1. The van der Waals surface area contributed by atoms with Crippen LogP contribution in [-0.4, -0.2) is 101 Å². The molecule has 2 aromatic heterocycles. The molecule has 14 heteroatoms. The number of nitrogens with one attached hydrogen (secondary N) is 2. The molecular weight excluding hydrogens is 668 g/mol. The molecule has 0 aliphatic carbocycles.